The molecule has 0 aliphatic carbocycles. The Balaban J connectivity index is 1.53. The molecule has 4 heterocycles. The average molecular weight is 486 g/mol. The van der Waals surface area contributed by atoms with E-state index in [1.54, 1.807) is 35.3 Å². The van der Waals surface area contributed by atoms with Crippen LogP contribution in [0, 0.1) is 0 Å². The van der Waals surface area contributed by atoms with Crippen molar-refractivity contribution in [1.82, 2.24) is 19.9 Å². The van der Waals surface area contributed by atoms with Gasteiger partial charge in [-0.1, -0.05) is 19.0 Å². The maximum atomic E-state index is 13.4. The summed E-state index contributed by atoms with van der Waals surface area (Å²) in [7, 11) is -1.27. The molecule has 0 saturated heterocycles. The lowest BCUT2D eigenvalue weighted by atomic mass is 9.87. The second kappa shape index (κ2) is 7.90. The number of anilines is 1. The van der Waals surface area contributed by atoms with E-state index in [9.17, 15) is 8.42 Å². The summed E-state index contributed by atoms with van der Waals surface area (Å²) in [6.45, 7) is 4.86. The van der Waals surface area contributed by atoms with E-state index in [1.165, 1.54) is 20.3 Å². The predicted molar refractivity (Wildman–Crippen MR) is 122 cm³/mol. The van der Waals surface area contributed by atoms with E-state index in [-0.39, 0.29) is 27.8 Å². The maximum Gasteiger partial charge on any atom is 0.266 e. The lowest BCUT2D eigenvalue weighted by molar-refractivity contribution is 0.290. The molecule has 4 aromatic rings. The highest BCUT2D eigenvalue weighted by Crippen LogP contribution is 2.44. The third-order valence-electron chi connectivity index (χ3n) is 5.66. The number of methoxy groups -OCH3 is 2. The average Bonchev–Trinajstić information content (AvgIpc) is 3.52. The fraction of sp³-hybridized carbons (Fsp3) is 0.318. The third kappa shape index (κ3) is 3.69. The molecule has 0 radical (unpaired) electrons. The van der Waals surface area contributed by atoms with Crippen LogP contribution in [-0.2, 0) is 22.0 Å². The van der Waals surface area contributed by atoms with E-state index < -0.39 is 10.0 Å². The van der Waals surface area contributed by atoms with Gasteiger partial charge >= 0.3 is 0 Å². The number of ether oxygens (including phenoxy) is 3. The Labute approximate surface area is 195 Å². The van der Waals surface area contributed by atoms with Gasteiger partial charge in [0.25, 0.3) is 10.0 Å². The molecule has 11 nitrogen and oxygen atoms in total. The Morgan fingerprint density at radius 1 is 1.21 bits per heavy atom. The Hall–Kier alpha value is -3.80. The molecule has 1 aliphatic rings. The van der Waals surface area contributed by atoms with E-state index >= 15 is 0 Å². The van der Waals surface area contributed by atoms with Gasteiger partial charge in [0.1, 0.15) is 21.8 Å². The molecule has 0 atom stereocenters. The topological polar surface area (TPSA) is 131 Å². The summed E-state index contributed by atoms with van der Waals surface area (Å²) in [5.74, 6) is 0.821. The number of hydrogen-bond acceptors (Lipinski definition) is 9. The first-order chi connectivity index (χ1) is 16.2. The van der Waals surface area contributed by atoms with Gasteiger partial charge in [-0.05, 0) is 12.1 Å². The number of nitrogens with one attached hydrogen (secondary N) is 1. The van der Waals surface area contributed by atoms with Crippen LogP contribution in [0.4, 0.5) is 5.82 Å². The summed E-state index contributed by atoms with van der Waals surface area (Å²) in [6, 6.07) is 6.62. The van der Waals surface area contributed by atoms with Crippen molar-refractivity contribution in [2.75, 3.05) is 25.5 Å². The maximum absolute atomic E-state index is 13.4. The molecular formula is C22H23N5O6S. The van der Waals surface area contributed by atoms with Crippen LogP contribution in [0.5, 0.6) is 17.4 Å². The zero-order chi connectivity index (χ0) is 24.1. The zero-order valence-electron chi connectivity index (χ0n) is 19.0. The van der Waals surface area contributed by atoms with Crippen LogP contribution in [0.25, 0.3) is 11.0 Å². The fourth-order valence-corrected chi connectivity index (χ4v) is 5.09. The number of nitrogens with zero attached hydrogens (tertiary/aromatic N) is 4. The molecule has 0 saturated carbocycles. The molecule has 1 aliphatic heterocycles. The number of hydrogen-bond donors (Lipinski definition) is 1. The summed E-state index contributed by atoms with van der Waals surface area (Å²) >= 11 is 0. The molecule has 0 unspecified atom stereocenters. The summed E-state index contributed by atoms with van der Waals surface area (Å²) in [5.41, 5.74) is 1.55. The predicted octanol–water partition coefficient (Wildman–Crippen LogP) is 2.96. The Morgan fingerprint density at radius 2 is 2.03 bits per heavy atom. The highest BCUT2D eigenvalue weighted by Gasteiger charge is 2.35. The van der Waals surface area contributed by atoms with Crippen molar-refractivity contribution in [2.24, 2.45) is 0 Å². The molecule has 1 aromatic carbocycles. The second-order valence-electron chi connectivity index (χ2n) is 8.51. The van der Waals surface area contributed by atoms with Gasteiger partial charge in [0.05, 0.1) is 33.1 Å². The summed E-state index contributed by atoms with van der Waals surface area (Å²) < 4.78 is 52.8. The van der Waals surface area contributed by atoms with Crippen molar-refractivity contribution in [1.29, 1.82) is 0 Å². The van der Waals surface area contributed by atoms with E-state index in [0.717, 1.165) is 5.56 Å². The van der Waals surface area contributed by atoms with Crippen LogP contribution in [-0.4, -0.2) is 49.2 Å². The Bertz CT molecular complexity index is 1480. The van der Waals surface area contributed by atoms with E-state index in [4.69, 9.17) is 18.7 Å². The number of rotatable bonds is 7. The van der Waals surface area contributed by atoms with Gasteiger partial charge in [-0.2, -0.15) is 5.10 Å². The van der Waals surface area contributed by atoms with Crippen molar-refractivity contribution in [2.45, 2.75) is 30.7 Å². The van der Waals surface area contributed by atoms with Crippen LogP contribution in [0.2, 0.25) is 0 Å². The van der Waals surface area contributed by atoms with Gasteiger partial charge in [0.15, 0.2) is 11.4 Å². The van der Waals surface area contributed by atoms with E-state index in [2.05, 4.69) is 20.0 Å². The molecule has 12 heteroatoms. The minimum atomic E-state index is -4.13. The number of aromatic nitrogens is 4. The largest absolute Gasteiger partial charge is 0.495 e. The van der Waals surface area contributed by atoms with Crippen molar-refractivity contribution < 1.29 is 27.2 Å². The highest BCUT2D eigenvalue weighted by atomic mass is 32.2. The molecule has 0 spiro atoms. The number of fused-ring (bicyclic) bond motifs is 2. The number of benzene rings is 1. The zero-order valence-corrected chi connectivity index (χ0v) is 19.8. The molecule has 34 heavy (non-hydrogen) atoms. The minimum Gasteiger partial charge on any atom is -0.495 e. The standard InChI is InChI=1S/C22H23N5O6S/c1-22(2)12-32-15-10-18(16(30-3)9-14(15)22)34(28,29)26-20-19-17(33-25-20)8-13(24-21(19)31-4)11-27-7-5-6-23-27/h5-10H,11-12H2,1-4H3,(H,25,26). The highest BCUT2D eigenvalue weighted by molar-refractivity contribution is 7.92. The third-order valence-corrected chi connectivity index (χ3v) is 7.02. The second-order valence-corrected chi connectivity index (χ2v) is 10.2. The smallest absolute Gasteiger partial charge is 0.266 e. The lowest BCUT2D eigenvalue weighted by Crippen LogP contribution is -2.18. The summed E-state index contributed by atoms with van der Waals surface area (Å²) in [5, 5.41) is 8.38. The Morgan fingerprint density at radius 3 is 2.74 bits per heavy atom. The van der Waals surface area contributed by atoms with Crippen LogP contribution in [0.15, 0.2) is 46.1 Å². The fourth-order valence-electron chi connectivity index (χ4n) is 3.91. The number of pyridine rings is 1. The SMILES string of the molecule is COc1cc2c(cc1S(=O)(=O)Nc1noc3cc(Cn4cccn4)nc(OC)c13)OCC2(C)C. The molecule has 0 fully saturated rings. The van der Waals surface area contributed by atoms with Gasteiger partial charge in [-0.25, -0.2) is 13.4 Å². The molecule has 178 valence electrons. The van der Waals surface area contributed by atoms with Gasteiger partial charge < -0.3 is 18.7 Å². The first kappa shape index (κ1) is 22.0. The van der Waals surface area contributed by atoms with Crippen molar-refractivity contribution >= 4 is 26.8 Å². The van der Waals surface area contributed by atoms with E-state index in [1.807, 2.05) is 13.8 Å². The van der Waals surface area contributed by atoms with Crippen molar-refractivity contribution in [3.05, 3.63) is 47.9 Å². The van der Waals surface area contributed by atoms with Gasteiger partial charge in [-0.3, -0.25) is 9.40 Å². The normalized spacial score (nSPS) is 14.6. The quantitative estimate of drug-likeness (QED) is 0.420. The molecule has 3 aromatic heterocycles. The van der Waals surface area contributed by atoms with Gasteiger partial charge in [-0.15, -0.1) is 0 Å². The minimum absolute atomic E-state index is 0.0474. The van der Waals surface area contributed by atoms with Crippen molar-refractivity contribution in [3.8, 4) is 17.4 Å². The first-order valence-corrected chi connectivity index (χ1v) is 11.9. The number of sulfonamides is 1. The van der Waals surface area contributed by atoms with Crippen molar-refractivity contribution in [3.63, 3.8) is 0 Å². The lowest BCUT2D eigenvalue weighted by Gasteiger charge is -2.17. The van der Waals surface area contributed by atoms with Gasteiger partial charge in [0, 0.05) is 35.5 Å². The Kier molecular flexibility index (Phi) is 5.12. The molecular weight excluding hydrogens is 462 g/mol. The molecule has 1 N–H and O–H groups in total. The summed E-state index contributed by atoms with van der Waals surface area (Å²) in [6.07, 6.45) is 3.46. The monoisotopic (exact) mass is 485 g/mol. The van der Waals surface area contributed by atoms with Crippen LogP contribution < -0.4 is 18.9 Å². The molecule has 5 rings (SSSR count). The first-order valence-electron chi connectivity index (χ1n) is 10.4. The molecule has 0 bridgehead atoms. The molecule has 0 amide bonds. The van der Waals surface area contributed by atoms with Crippen LogP contribution >= 0.6 is 0 Å². The summed E-state index contributed by atoms with van der Waals surface area (Å²) in [4.78, 5) is 4.39. The van der Waals surface area contributed by atoms with Crippen LogP contribution in [0.3, 0.4) is 0 Å². The van der Waals surface area contributed by atoms with Gasteiger partial charge in [0.2, 0.25) is 5.88 Å². The van der Waals surface area contributed by atoms with E-state index in [0.29, 0.717) is 35.6 Å². The van der Waals surface area contributed by atoms with Crippen LogP contribution in [0.1, 0.15) is 25.1 Å².